The van der Waals surface area contributed by atoms with E-state index < -0.39 is 0 Å². The Labute approximate surface area is 180 Å². The molecular formula is C25H22N2O4. The molecule has 0 radical (unpaired) electrons. The summed E-state index contributed by atoms with van der Waals surface area (Å²) in [5.41, 5.74) is 4.06. The highest BCUT2D eigenvalue weighted by molar-refractivity contribution is 5.71. The summed E-state index contributed by atoms with van der Waals surface area (Å²) in [4.78, 5) is 0. The van der Waals surface area contributed by atoms with Crippen LogP contribution in [0.2, 0.25) is 0 Å². The average molecular weight is 414 g/mol. The van der Waals surface area contributed by atoms with Crippen LogP contribution in [-0.4, -0.2) is 31.5 Å². The van der Waals surface area contributed by atoms with Gasteiger partial charge in [0.25, 0.3) is 0 Å². The predicted molar refractivity (Wildman–Crippen MR) is 120 cm³/mol. The molecule has 6 heteroatoms. The Morgan fingerprint density at radius 2 is 1.32 bits per heavy atom. The van der Waals surface area contributed by atoms with Crippen molar-refractivity contribution in [2.45, 2.75) is 0 Å². The van der Waals surface area contributed by atoms with Crippen LogP contribution in [0, 0.1) is 0 Å². The number of methoxy groups -OCH3 is 3. The molecule has 4 aromatic rings. The minimum atomic E-state index is 0.360. The summed E-state index contributed by atoms with van der Waals surface area (Å²) in [5, 5.41) is 8.25. The van der Waals surface area contributed by atoms with Crippen molar-refractivity contribution in [1.29, 1.82) is 0 Å². The van der Waals surface area contributed by atoms with E-state index in [0.29, 0.717) is 34.6 Å². The van der Waals surface area contributed by atoms with Gasteiger partial charge in [0.15, 0.2) is 11.5 Å². The van der Waals surface area contributed by atoms with Crippen LogP contribution in [0.3, 0.4) is 0 Å². The van der Waals surface area contributed by atoms with Gasteiger partial charge in [0.1, 0.15) is 0 Å². The van der Waals surface area contributed by atoms with Crippen LogP contribution in [0.5, 0.6) is 17.2 Å². The Balaban J connectivity index is 1.54. The van der Waals surface area contributed by atoms with Gasteiger partial charge in [-0.15, -0.1) is 10.2 Å². The zero-order valence-corrected chi connectivity index (χ0v) is 17.5. The summed E-state index contributed by atoms with van der Waals surface area (Å²) in [6.07, 6.45) is 3.72. The first-order valence-electron chi connectivity index (χ1n) is 9.69. The number of rotatable bonds is 7. The molecule has 3 aromatic carbocycles. The normalized spacial score (nSPS) is 10.9. The van der Waals surface area contributed by atoms with Gasteiger partial charge in [-0.1, -0.05) is 54.6 Å². The Morgan fingerprint density at radius 3 is 1.94 bits per heavy atom. The Kier molecular flexibility index (Phi) is 5.98. The number of hydrogen-bond donors (Lipinski definition) is 0. The smallest absolute Gasteiger partial charge is 0.248 e. The monoisotopic (exact) mass is 414 g/mol. The summed E-state index contributed by atoms with van der Waals surface area (Å²) < 4.78 is 21.9. The molecule has 0 unspecified atom stereocenters. The van der Waals surface area contributed by atoms with Crippen molar-refractivity contribution in [1.82, 2.24) is 10.2 Å². The van der Waals surface area contributed by atoms with E-state index in [1.54, 1.807) is 39.5 Å². The van der Waals surface area contributed by atoms with Crippen LogP contribution in [0.4, 0.5) is 0 Å². The van der Waals surface area contributed by atoms with Crippen molar-refractivity contribution in [2.24, 2.45) is 0 Å². The first-order chi connectivity index (χ1) is 15.2. The van der Waals surface area contributed by atoms with E-state index in [9.17, 15) is 0 Å². The summed E-state index contributed by atoms with van der Waals surface area (Å²) in [6.45, 7) is 0. The van der Waals surface area contributed by atoms with Crippen LogP contribution < -0.4 is 14.2 Å². The molecule has 0 saturated carbocycles. The van der Waals surface area contributed by atoms with Gasteiger partial charge in [-0.3, -0.25) is 0 Å². The summed E-state index contributed by atoms with van der Waals surface area (Å²) in [5.74, 6) is 2.30. The molecule has 0 aliphatic carbocycles. The first kappa shape index (κ1) is 20.2. The van der Waals surface area contributed by atoms with E-state index in [1.807, 2.05) is 24.3 Å². The quantitative estimate of drug-likeness (QED) is 0.392. The molecule has 1 heterocycles. The van der Waals surface area contributed by atoms with E-state index in [-0.39, 0.29) is 0 Å². The topological polar surface area (TPSA) is 66.6 Å². The second-order valence-electron chi connectivity index (χ2n) is 6.68. The van der Waals surface area contributed by atoms with Crippen molar-refractivity contribution in [3.8, 4) is 39.8 Å². The maximum atomic E-state index is 5.80. The molecule has 0 saturated heterocycles. The predicted octanol–water partition coefficient (Wildman–Crippen LogP) is 5.60. The molecule has 0 atom stereocenters. The lowest BCUT2D eigenvalue weighted by Gasteiger charge is -2.12. The zero-order valence-electron chi connectivity index (χ0n) is 17.5. The van der Waals surface area contributed by atoms with Crippen LogP contribution in [0.15, 0.2) is 71.1 Å². The molecule has 156 valence electrons. The van der Waals surface area contributed by atoms with E-state index in [4.69, 9.17) is 18.6 Å². The Bertz CT molecular complexity index is 1160. The lowest BCUT2D eigenvalue weighted by atomic mass is 10.0. The van der Waals surface area contributed by atoms with Crippen LogP contribution in [0.25, 0.3) is 34.7 Å². The van der Waals surface area contributed by atoms with Gasteiger partial charge in [-0.05, 0) is 34.9 Å². The van der Waals surface area contributed by atoms with E-state index in [2.05, 4.69) is 46.6 Å². The van der Waals surface area contributed by atoms with Gasteiger partial charge in [-0.2, -0.15) is 0 Å². The first-order valence-corrected chi connectivity index (χ1v) is 9.69. The average Bonchev–Trinajstić information content (AvgIpc) is 3.31. The maximum Gasteiger partial charge on any atom is 0.248 e. The fourth-order valence-electron chi connectivity index (χ4n) is 3.21. The number of nitrogens with zero attached hydrogens (tertiary/aromatic N) is 2. The van der Waals surface area contributed by atoms with Gasteiger partial charge in [-0.25, -0.2) is 0 Å². The minimum absolute atomic E-state index is 0.360. The van der Waals surface area contributed by atoms with Crippen molar-refractivity contribution >= 4 is 12.2 Å². The van der Waals surface area contributed by atoms with Crippen molar-refractivity contribution < 1.29 is 18.6 Å². The highest BCUT2D eigenvalue weighted by Gasteiger charge is 2.17. The maximum absolute atomic E-state index is 5.80. The number of ether oxygens (including phenoxy) is 3. The molecule has 0 bridgehead atoms. The van der Waals surface area contributed by atoms with Gasteiger partial charge in [0, 0.05) is 11.6 Å². The molecular weight excluding hydrogens is 392 g/mol. The molecule has 0 aliphatic rings. The minimum Gasteiger partial charge on any atom is -0.493 e. The van der Waals surface area contributed by atoms with Gasteiger partial charge in [0.2, 0.25) is 17.5 Å². The third kappa shape index (κ3) is 4.43. The number of benzene rings is 3. The lowest BCUT2D eigenvalue weighted by Crippen LogP contribution is -1.95. The zero-order chi connectivity index (χ0) is 21.6. The summed E-state index contributed by atoms with van der Waals surface area (Å²) in [7, 11) is 4.68. The van der Waals surface area contributed by atoms with Crippen molar-refractivity contribution in [3.63, 3.8) is 0 Å². The Hall–Kier alpha value is -4.06. The lowest BCUT2D eigenvalue weighted by molar-refractivity contribution is 0.324. The molecule has 0 aliphatic heterocycles. The SMILES string of the molecule is COc1cc(-c2nnc(/C=C/c3ccc(-c4ccccc4)cc3)o2)cc(OC)c1OC. The molecule has 0 amide bonds. The van der Waals surface area contributed by atoms with Gasteiger partial charge in [0.05, 0.1) is 21.3 Å². The summed E-state index contributed by atoms with van der Waals surface area (Å²) in [6, 6.07) is 22.1. The van der Waals surface area contributed by atoms with E-state index in [1.165, 1.54) is 11.1 Å². The molecule has 1 aromatic heterocycles. The fraction of sp³-hybridized carbons (Fsp3) is 0.120. The van der Waals surface area contributed by atoms with E-state index >= 15 is 0 Å². The molecule has 6 nitrogen and oxygen atoms in total. The molecule has 0 fully saturated rings. The third-order valence-corrected chi connectivity index (χ3v) is 4.79. The number of hydrogen-bond acceptors (Lipinski definition) is 6. The molecule has 4 rings (SSSR count). The van der Waals surface area contributed by atoms with Crippen molar-refractivity contribution in [3.05, 3.63) is 78.2 Å². The third-order valence-electron chi connectivity index (χ3n) is 4.79. The highest BCUT2D eigenvalue weighted by atomic mass is 16.5. The number of aromatic nitrogens is 2. The molecule has 0 N–H and O–H groups in total. The second-order valence-corrected chi connectivity index (χ2v) is 6.68. The standard InChI is InChI=1S/C25H22N2O4/c1-28-21-15-20(16-22(29-2)24(21)30-3)25-27-26-23(31-25)14-11-17-9-12-19(13-10-17)18-7-5-4-6-8-18/h4-16H,1-3H3/b14-11+. The van der Waals surface area contributed by atoms with Crippen LogP contribution >= 0.6 is 0 Å². The van der Waals surface area contributed by atoms with Crippen LogP contribution in [0.1, 0.15) is 11.5 Å². The van der Waals surface area contributed by atoms with E-state index in [0.717, 1.165) is 5.56 Å². The largest absolute Gasteiger partial charge is 0.493 e. The molecule has 31 heavy (non-hydrogen) atoms. The second kappa shape index (κ2) is 9.17. The van der Waals surface area contributed by atoms with Crippen molar-refractivity contribution in [2.75, 3.05) is 21.3 Å². The van der Waals surface area contributed by atoms with Gasteiger partial charge >= 0.3 is 0 Å². The van der Waals surface area contributed by atoms with Gasteiger partial charge < -0.3 is 18.6 Å². The molecule has 0 spiro atoms. The summed E-state index contributed by atoms with van der Waals surface area (Å²) >= 11 is 0. The Morgan fingerprint density at radius 1 is 0.677 bits per heavy atom. The van der Waals surface area contributed by atoms with Crippen LogP contribution in [-0.2, 0) is 0 Å². The fourth-order valence-corrected chi connectivity index (χ4v) is 3.21. The highest BCUT2D eigenvalue weighted by Crippen LogP contribution is 2.40.